The Labute approximate surface area is 78.0 Å². The Kier molecular flexibility index (Phi) is 1.91. The Bertz CT molecular complexity index is 370. The molecular weight excluding hydrogens is 218 g/mol. The first kappa shape index (κ1) is 7.49. The van der Waals surface area contributed by atoms with Crippen LogP contribution in [0, 0.1) is 0 Å². The first-order valence-corrected chi connectivity index (χ1v) is 4.27. The van der Waals surface area contributed by atoms with Crippen molar-refractivity contribution in [3.63, 3.8) is 0 Å². The minimum absolute atomic E-state index is 0.828. The largest absolute Gasteiger partial charge is 0.278 e. The molecule has 0 atom stereocenters. The summed E-state index contributed by atoms with van der Waals surface area (Å²) in [6, 6.07) is 5.79. The van der Waals surface area contributed by atoms with Crippen LogP contribution in [0.3, 0.4) is 0 Å². The van der Waals surface area contributed by atoms with Crippen LogP contribution in [0.2, 0.25) is 0 Å². The fourth-order valence-corrected chi connectivity index (χ4v) is 1.35. The van der Waals surface area contributed by atoms with Crippen LogP contribution < -0.4 is 0 Å². The summed E-state index contributed by atoms with van der Waals surface area (Å²) in [4.78, 5) is 4.03. The molecule has 0 saturated carbocycles. The van der Waals surface area contributed by atoms with Gasteiger partial charge in [0.15, 0.2) is 0 Å². The second-order valence-electron chi connectivity index (χ2n) is 2.34. The number of aromatic nitrogens is 3. The molecule has 0 aliphatic rings. The van der Waals surface area contributed by atoms with Gasteiger partial charge in [-0.15, -0.1) is 0 Å². The lowest BCUT2D eigenvalue weighted by molar-refractivity contribution is 1.09. The predicted octanol–water partition coefficient (Wildman–Crippen LogP) is 2.23. The van der Waals surface area contributed by atoms with E-state index in [0.717, 1.165) is 15.9 Å². The molecule has 60 valence electrons. The van der Waals surface area contributed by atoms with Gasteiger partial charge >= 0.3 is 0 Å². The number of hydrogen-bond acceptors (Lipinski definition) is 2. The molecule has 0 radical (unpaired) electrons. The molecule has 0 bridgehead atoms. The van der Waals surface area contributed by atoms with Crippen molar-refractivity contribution in [3.05, 3.63) is 35.2 Å². The van der Waals surface area contributed by atoms with Gasteiger partial charge in [0.1, 0.15) is 4.60 Å². The van der Waals surface area contributed by atoms with Gasteiger partial charge in [0, 0.05) is 18.0 Å². The van der Waals surface area contributed by atoms with Gasteiger partial charge in [-0.3, -0.25) is 5.10 Å². The second-order valence-corrected chi connectivity index (χ2v) is 3.15. The third-order valence-electron chi connectivity index (χ3n) is 1.54. The molecule has 0 spiro atoms. The number of rotatable bonds is 1. The quantitative estimate of drug-likeness (QED) is 0.754. The van der Waals surface area contributed by atoms with Crippen LogP contribution in [-0.4, -0.2) is 15.2 Å². The summed E-state index contributed by atoms with van der Waals surface area (Å²) in [7, 11) is 0. The van der Waals surface area contributed by atoms with Crippen LogP contribution in [0.1, 0.15) is 0 Å². The Morgan fingerprint density at radius 1 is 1.25 bits per heavy atom. The number of H-pyrrole nitrogens is 1. The molecule has 0 amide bonds. The van der Waals surface area contributed by atoms with E-state index < -0.39 is 0 Å². The Morgan fingerprint density at radius 2 is 2.17 bits per heavy atom. The van der Waals surface area contributed by atoms with Crippen LogP contribution in [0.5, 0.6) is 0 Å². The van der Waals surface area contributed by atoms with Gasteiger partial charge in [-0.05, 0) is 34.1 Å². The molecule has 0 saturated heterocycles. The summed E-state index contributed by atoms with van der Waals surface area (Å²) in [6.07, 6.45) is 3.48. The first-order chi connectivity index (χ1) is 5.86. The highest BCUT2D eigenvalue weighted by atomic mass is 79.9. The zero-order valence-corrected chi connectivity index (χ0v) is 7.75. The number of aromatic amines is 1. The molecule has 1 N–H and O–H groups in total. The van der Waals surface area contributed by atoms with Crippen molar-refractivity contribution in [1.29, 1.82) is 0 Å². The van der Waals surface area contributed by atoms with Crippen LogP contribution in [-0.2, 0) is 0 Å². The average Bonchev–Trinajstić information content (AvgIpc) is 2.56. The smallest absolute Gasteiger partial charge is 0.106 e. The standard InChI is InChI=1S/C8H6BrN3/c9-8-5-6(1-3-10-8)7-2-4-11-12-7/h1-5H,(H,11,12). The zero-order chi connectivity index (χ0) is 8.39. The van der Waals surface area contributed by atoms with E-state index in [1.54, 1.807) is 12.4 Å². The molecule has 0 aliphatic heterocycles. The van der Waals surface area contributed by atoms with E-state index in [1.807, 2.05) is 18.2 Å². The van der Waals surface area contributed by atoms with E-state index in [-0.39, 0.29) is 0 Å². The maximum Gasteiger partial charge on any atom is 0.106 e. The predicted molar refractivity (Wildman–Crippen MR) is 49.5 cm³/mol. The fraction of sp³-hybridized carbons (Fsp3) is 0. The molecule has 2 aromatic rings. The van der Waals surface area contributed by atoms with E-state index in [9.17, 15) is 0 Å². The lowest BCUT2D eigenvalue weighted by atomic mass is 10.2. The molecule has 2 rings (SSSR count). The Morgan fingerprint density at radius 3 is 2.83 bits per heavy atom. The normalized spacial score (nSPS) is 10.1. The van der Waals surface area contributed by atoms with Crippen molar-refractivity contribution >= 4 is 15.9 Å². The molecule has 0 aliphatic carbocycles. The van der Waals surface area contributed by atoms with E-state index in [4.69, 9.17) is 0 Å². The lowest BCUT2D eigenvalue weighted by Crippen LogP contribution is -1.79. The minimum atomic E-state index is 0.828. The highest BCUT2D eigenvalue weighted by Crippen LogP contribution is 2.18. The molecular formula is C8H6BrN3. The SMILES string of the molecule is Brc1cc(-c2ccn[nH]2)ccn1. The lowest BCUT2D eigenvalue weighted by Gasteiger charge is -1.95. The van der Waals surface area contributed by atoms with Crippen molar-refractivity contribution in [2.24, 2.45) is 0 Å². The van der Waals surface area contributed by atoms with Crippen LogP contribution in [0.25, 0.3) is 11.3 Å². The van der Waals surface area contributed by atoms with Crippen LogP contribution >= 0.6 is 15.9 Å². The Balaban J connectivity index is 2.48. The summed E-state index contributed by atoms with van der Waals surface area (Å²) in [6.45, 7) is 0. The van der Waals surface area contributed by atoms with E-state index in [0.29, 0.717) is 0 Å². The highest BCUT2D eigenvalue weighted by molar-refractivity contribution is 9.10. The van der Waals surface area contributed by atoms with Crippen LogP contribution in [0.4, 0.5) is 0 Å². The topological polar surface area (TPSA) is 41.6 Å². The molecule has 0 aromatic carbocycles. The second kappa shape index (κ2) is 3.06. The molecule has 12 heavy (non-hydrogen) atoms. The van der Waals surface area contributed by atoms with Crippen molar-refractivity contribution in [3.8, 4) is 11.3 Å². The van der Waals surface area contributed by atoms with Gasteiger partial charge in [-0.2, -0.15) is 5.10 Å². The number of hydrogen-bond donors (Lipinski definition) is 1. The number of halogens is 1. The molecule has 4 heteroatoms. The number of nitrogens with zero attached hydrogens (tertiary/aromatic N) is 2. The van der Waals surface area contributed by atoms with Crippen LogP contribution in [0.15, 0.2) is 35.2 Å². The van der Waals surface area contributed by atoms with E-state index in [1.165, 1.54) is 0 Å². The van der Waals surface area contributed by atoms with Gasteiger partial charge in [0.25, 0.3) is 0 Å². The molecule has 2 heterocycles. The molecule has 2 aromatic heterocycles. The summed E-state index contributed by atoms with van der Waals surface area (Å²) in [5.74, 6) is 0. The van der Waals surface area contributed by atoms with Crippen molar-refractivity contribution in [2.75, 3.05) is 0 Å². The minimum Gasteiger partial charge on any atom is -0.278 e. The highest BCUT2D eigenvalue weighted by Gasteiger charge is 1.98. The fourth-order valence-electron chi connectivity index (χ4n) is 0.987. The van der Waals surface area contributed by atoms with Gasteiger partial charge in [0.2, 0.25) is 0 Å². The van der Waals surface area contributed by atoms with Gasteiger partial charge in [0.05, 0.1) is 5.69 Å². The maximum atomic E-state index is 4.03. The van der Waals surface area contributed by atoms with Crippen molar-refractivity contribution < 1.29 is 0 Å². The Hall–Kier alpha value is -1.16. The monoisotopic (exact) mass is 223 g/mol. The molecule has 3 nitrogen and oxygen atoms in total. The number of nitrogens with one attached hydrogen (secondary N) is 1. The van der Waals surface area contributed by atoms with Gasteiger partial charge in [-0.1, -0.05) is 0 Å². The summed E-state index contributed by atoms with van der Waals surface area (Å²) >= 11 is 3.30. The summed E-state index contributed by atoms with van der Waals surface area (Å²) < 4.78 is 0.828. The van der Waals surface area contributed by atoms with Gasteiger partial charge < -0.3 is 0 Å². The third kappa shape index (κ3) is 1.38. The molecule has 0 fully saturated rings. The summed E-state index contributed by atoms with van der Waals surface area (Å²) in [5.41, 5.74) is 2.08. The summed E-state index contributed by atoms with van der Waals surface area (Å²) in [5, 5.41) is 6.75. The van der Waals surface area contributed by atoms with Crippen molar-refractivity contribution in [2.45, 2.75) is 0 Å². The average molecular weight is 224 g/mol. The van der Waals surface area contributed by atoms with E-state index in [2.05, 4.69) is 31.1 Å². The zero-order valence-electron chi connectivity index (χ0n) is 6.16. The first-order valence-electron chi connectivity index (χ1n) is 3.47. The maximum absolute atomic E-state index is 4.03. The van der Waals surface area contributed by atoms with Gasteiger partial charge in [-0.25, -0.2) is 4.98 Å². The van der Waals surface area contributed by atoms with Crippen molar-refractivity contribution in [1.82, 2.24) is 15.2 Å². The van der Waals surface area contributed by atoms with E-state index >= 15 is 0 Å². The number of pyridine rings is 1. The molecule has 0 unspecified atom stereocenters. The third-order valence-corrected chi connectivity index (χ3v) is 1.97.